The molecular formula is C29H44N6O6. The fraction of sp³-hybridized carbons (Fsp3) is 0.621. The number of rotatable bonds is 16. The number of unbranched alkanes of at least 4 members (excludes halogenated alkanes) is 1. The Morgan fingerprint density at radius 3 is 2.44 bits per heavy atom. The predicted octanol–water partition coefficient (Wildman–Crippen LogP) is 4.57. The lowest BCUT2D eigenvalue weighted by Gasteiger charge is -2.28. The number of ether oxygens (including phenoxy) is 3. The molecule has 3 amide bonds. The van der Waals surface area contributed by atoms with Crippen molar-refractivity contribution < 1.29 is 28.6 Å². The van der Waals surface area contributed by atoms with Gasteiger partial charge in [0.05, 0.1) is 27.3 Å². The van der Waals surface area contributed by atoms with Gasteiger partial charge in [0.1, 0.15) is 29.2 Å². The number of terminal acetylenes is 1. The van der Waals surface area contributed by atoms with Crippen LogP contribution in [0.1, 0.15) is 65.9 Å². The van der Waals surface area contributed by atoms with Gasteiger partial charge in [-0.25, -0.2) is 4.79 Å². The lowest BCUT2D eigenvalue weighted by molar-refractivity contribution is -0.137. The van der Waals surface area contributed by atoms with Gasteiger partial charge in [-0.2, -0.15) is 0 Å². The minimum Gasteiger partial charge on any atom is -0.497 e. The van der Waals surface area contributed by atoms with Crippen molar-refractivity contribution in [3.05, 3.63) is 34.2 Å². The van der Waals surface area contributed by atoms with Gasteiger partial charge in [-0.1, -0.05) is 24.9 Å². The van der Waals surface area contributed by atoms with Crippen LogP contribution < -0.4 is 20.1 Å². The maximum Gasteiger partial charge on any atom is 0.407 e. The van der Waals surface area contributed by atoms with Gasteiger partial charge in [0.2, 0.25) is 11.8 Å². The second-order valence-corrected chi connectivity index (χ2v) is 10.9. The van der Waals surface area contributed by atoms with Crippen LogP contribution >= 0.6 is 0 Å². The molecular weight excluding hydrogens is 528 g/mol. The molecule has 0 spiro atoms. The Kier molecular flexibility index (Phi) is 15.0. The Balaban J connectivity index is 3.12. The maximum absolute atomic E-state index is 13.8. The van der Waals surface area contributed by atoms with E-state index in [4.69, 9.17) is 26.2 Å². The molecule has 1 aromatic carbocycles. The predicted molar refractivity (Wildman–Crippen MR) is 156 cm³/mol. The largest absolute Gasteiger partial charge is 0.497 e. The number of nitrogens with zero attached hydrogens (tertiary/aromatic N) is 4. The molecule has 0 saturated carbocycles. The van der Waals surface area contributed by atoms with Crippen LogP contribution in [0, 0.1) is 18.3 Å². The van der Waals surface area contributed by atoms with Crippen molar-refractivity contribution >= 4 is 17.9 Å². The van der Waals surface area contributed by atoms with E-state index in [9.17, 15) is 14.4 Å². The molecule has 0 heterocycles. The van der Waals surface area contributed by atoms with Gasteiger partial charge >= 0.3 is 6.09 Å². The lowest BCUT2D eigenvalue weighted by atomic mass is 10.0. The number of hydrogen-bond acceptors (Lipinski definition) is 7. The summed E-state index contributed by atoms with van der Waals surface area (Å²) in [6.07, 6.45) is 6.70. The average Bonchev–Trinajstić information content (AvgIpc) is 2.90. The topological polar surface area (TPSA) is 155 Å². The highest BCUT2D eigenvalue weighted by molar-refractivity contribution is 5.90. The average molecular weight is 573 g/mol. The third kappa shape index (κ3) is 13.2. The zero-order valence-corrected chi connectivity index (χ0v) is 25.2. The second-order valence-electron chi connectivity index (χ2n) is 10.9. The summed E-state index contributed by atoms with van der Waals surface area (Å²) in [6.45, 7) is 9.60. The summed E-state index contributed by atoms with van der Waals surface area (Å²) in [5, 5.41) is 9.11. The van der Waals surface area contributed by atoms with Gasteiger partial charge in [-0.3, -0.25) is 9.59 Å². The molecule has 1 aromatic rings. The van der Waals surface area contributed by atoms with Crippen molar-refractivity contribution in [3.8, 4) is 23.8 Å². The van der Waals surface area contributed by atoms with Crippen LogP contribution in [0.4, 0.5) is 4.79 Å². The number of hydrogen-bond donors (Lipinski definition) is 2. The van der Waals surface area contributed by atoms with E-state index in [1.165, 1.54) is 12.0 Å². The number of alkyl carbamates (subject to hydrolysis) is 1. The highest BCUT2D eigenvalue weighted by Crippen LogP contribution is 2.26. The van der Waals surface area contributed by atoms with Gasteiger partial charge in [-0.05, 0) is 70.0 Å². The van der Waals surface area contributed by atoms with E-state index in [2.05, 4.69) is 26.6 Å². The Hall–Kier alpha value is -4.10. The number of benzene rings is 1. The molecule has 41 heavy (non-hydrogen) atoms. The third-order valence-electron chi connectivity index (χ3n) is 5.84. The Morgan fingerprint density at radius 1 is 1.17 bits per heavy atom. The number of methoxy groups -OCH3 is 2. The fourth-order valence-electron chi connectivity index (χ4n) is 3.95. The number of azide groups is 1. The number of nitrogens with one attached hydrogen (secondary N) is 2. The lowest BCUT2D eigenvalue weighted by Crippen LogP contribution is -2.50. The molecule has 1 rings (SSSR count). The van der Waals surface area contributed by atoms with Gasteiger partial charge in [0.25, 0.3) is 0 Å². The van der Waals surface area contributed by atoms with Crippen LogP contribution in [0.25, 0.3) is 10.4 Å². The van der Waals surface area contributed by atoms with Crippen LogP contribution in [0.2, 0.25) is 0 Å². The zero-order valence-electron chi connectivity index (χ0n) is 25.2. The van der Waals surface area contributed by atoms with E-state index in [1.54, 1.807) is 46.1 Å². The van der Waals surface area contributed by atoms with Gasteiger partial charge < -0.3 is 29.7 Å². The van der Waals surface area contributed by atoms with E-state index in [-0.39, 0.29) is 25.4 Å². The summed E-state index contributed by atoms with van der Waals surface area (Å²) in [5.74, 6) is 2.79. The minimum atomic E-state index is -0.966. The van der Waals surface area contributed by atoms with Gasteiger partial charge in [0.15, 0.2) is 0 Å². The molecule has 0 aromatic heterocycles. The number of carbonyl (C=O) groups is 3. The van der Waals surface area contributed by atoms with E-state index in [0.29, 0.717) is 42.9 Å². The first-order valence-electron chi connectivity index (χ1n) is 13.6. The van der Waals surface area contributed by atoms with Crippen molar-refractivity contribution in [1.29, 1.82) is 0 Å². The summed E-state index contributed by atoms with van der Waals surface area (Å²) < 4.78 is 16.0. The first-order chi connectivity index (χ1) is 19.3. The first kappa shape index (κ1) is 34.9. The third-order valence-corrected chi connectivity index (χ3v) is 5.84. The molecule has 0 aliphatic rings. The zero-order chi connectivity index (χ0) is 31.0. The molecule has 12 nitrogen and oxygen atoms in total. The summed E-state index contributed by atoms with van der Waals surface area (Å²) >= 11 is 0. The van der Waals surface area contributed by atoms with E-state index in [0.717, 1.165) is 0 Å². The van der Waals surface area contributed by atoms with Crippen LogP contribution in [0.15, 0.2) is 23.3 Å². The summed E-state index contributed by atoms with van der Waals surface area (Å²) in [5.41, 5.74) is 9.07. The van der Waals surface area contributed by atoms with Gasteiger partial charge in [-0.15, -0.1) is 6.42 Å². The number of carbonyl (C=O) groups excluding carboxylic acids is 3. The molecule has 0 bridgehead atoms. The minimum absolute atomic E-state index is 0.00758. The van der Waals surface area contributed by atoms with Crippen molar-refractivity contribution in [3.63, 3.8) is 0 Å². The highest BCUT2D eigenvalue weighted by atomic mass is 16.6. The van der Waals surface area contributed by atoms with Crippen LogP contribution in [0.3, 0.4) is 0 Å². The van der Waals surface area contributed by atoms with E-state index < -0.39 is 35.6 Å². The molecule has 0 aliphatic carbocycles. The smallest absolute Gasteiger partial charge is 0.407 e. The monoisotopic (exact) mass is 572 g/mol. The van der Waals surface area contributed by atoms with Crippen molar-refractivity contribution in [2.24, 2.45) is 11.0 Å². The molecule has 226 valence electrons. The van der Waals surface area contributed by atoms with Crippen molar-refractivity contribution in [2.45, 2.75) is 84.5 Å². The Morgan fingerprint density at radius 2 is 1.88 bits per heavy atom. The molecule has 0 saturated heterocycles. The normalized spacial score (nSPS) is 12.3. The molecule has 12 heteroatoms. The highest BCUT2D eigenvalue weighted by Gasteiger charge is 2.29. The molecule has 0 unspecified atom stereocenters. The molecule has 2 N–H and O–H groups in total. The van der Waals surface area contributed by atoms with Crippen LogP contribution in [-0.2, 0) is 20.9 Å². The standard InChI is InChI=1S/C29H44N6O6/c1-9-16-35(19-21-13-14-22(39-7)18-25(21)40-8)27(37)23(32-26(36)24(33-34-30)17-20(2)3)12-10-11-15-31-28(38)41-29(4,5)6/h1,13-14,18,20,23-24H,10-12,15-17,19H2,2-8H3,(H,31,38)(H,32,36)/t23-,24+/m0/s1. The Labute approximate surface area is 243 Å². The summed E-state index contributed by atoms with van der Waals surface area (Å²) in [4.78, 5) is 43.1. The first-order valence-corrected chi connectivity index (χ1v) is 13.6. The van der Waals surface area contributed by atoms with Crippen LogP contribution in [-0.4, -0.2) is 67.8 Å². The molecule has 0 aliphatic heterocycles. The Bertz CT molecular complexity index is 1100. The summed E-state index contributed by atoms with van der Waals surface area (Å²) in [7, 11) is 3.06. The van der Waals surface area contributed by atoms with Crippen molar-refractivity contribution in [2.75, 3.05) is 27.3 Å². The number of amides is 3. The SMILES string of the molecule is C#CCN(Cc1ccc(OC)cc1OC)C(=O)[C@H](CCCCNC(=O)OC(C)(C)C)NC(=O)[C@@H](CC(C)C)N=[N+]=[N-]. The van der Waals surface area contributed by atoms with E-state index in [1.807, 2.05) is 13.8 Å². The van der Waals surface area contributed by atoms with Crippen molar-refractivity contribution in [1.82, 2.24) is 15.5 Å². The molecule has 0 fully saturated rings. The van der Waals surface area contributed by atoms with Crippen LogP contribution in [0.5, 0.6) is 11.5 Å². The van der Waals surface area contributed by atoms with E-state index >= 15 is 0 Å². The molecule has 0 radical (unpaired) electrons. The maximum atomic E-state index is 13.8. The molecule has 2 atom stereocenters. The summed E-state index contributed by atoms with van der Waals surface area (Å²) in [6, 6.07) is 3.34. The van der Waals surface area contributed by atoms with Gasteiger partial charge in [0, 0.05) is 23.1 Å². The fourth-order valence-corrected chi connectivity index (χ4v) is 3.95. The quantitative estimate of drug-likeness (QED) is 0.0972. The second kappa shape index (κ2) is 17.6.